The predicted molar refractivity (Wildman–Crippen MR) is 56.8 cm³/mol. The van der Waals surface area contributed by atoms with E-state index in [4.69, 9.17) is 10.00 Å². The van der Waals surface area contributed by atoms with Gasteiger partial charge in [0.25, 0.3) is 0 Å². The molecule has 0 heterocycles. The second kappa shape index (κ2) is 6.84. The molecule has 80 valence electrons. The molecule has 2 heteroatoms. The summed E-state index contributed by atoms with van der Waals surface area (Å²) >= 11 is 0. The van der Waals surface area contributed by atoms with Gasteiger partial charge >= 0.3 is 0 Å². The second-order valence-electron chi connectivity index (χ2n) is 4.14. The Bertz CT molecular complexity index is 185. The van der Waals surface area contributed by atoms with E-state index < -0.39 is 0 Å². The summed E-state index contributed by atoms with van der Waals surface area (Å²) in [6.45, 7) is 3.06. The molecule has 0 aromatic carbocycles. The highest BCUT2D eigenvalue weighted by molar-refractivity contribution is 4.93. The van der Waals surface area contributed by atoms with E-state index in [1.54, 1.807) is 0 Å². The van der Waals surface area contributed by atoms with Crippen LogP contribution in [0.2, 0.25) is 0 Å². The molecule has 0 aromatic heterocycles. The summed E-state index contributed by atoms with van der Waals surface area (Å²) in [6.07, 6.45) is 8.52. The quantitative estimate of drug-likeness (QED) is 0.609. The van der Waals surface area contributed by atoms with Crippen molar-refractivity contribution in [3.05, 3.63) is 0 Å². The molecule has 0 amide bonds. The van der Waals surface area contributed by atoms with Crippen molar-refractivity contribution in [2.45, 2.75) is 58.0 Å². The maximum atomic E-state index is 8.85. The Morgan fingerprint density at radius 1 is 1.29 bits per heavy atom. The maximum absolute atomic E-state index is 8.85. The first-order chi connectivity index (χ1) is 6.88. The van der Waals surface area contributed by atoms with Crippen LogP contribution in [0.5, 0.6) is 0 Å². The number of nitrogens with zero attached hydrogens (tertiary/aromatic N) is 1. The molecule has 1 rings (SSSR count). The van der Waals surface area contributed by atoms with Crippen LogP contribution in [-0.4, -0.2) is 12.7 Å². The Kier molecular flexibility index (Phi) is 5.63. The van der Waals surface area contributed by atoms with E-state index >= 15 is 0 Å². The highest BCUT2D eigenvalue weighted by atomic mass is 16.5. The van der Waals surface area contributed by atoms with E-state index in [0.717, 1.165) is 32.3 Å². The minimum atomic E-state index is 0.168. The highest BCUT2D eigenvalue weighted by Crippen LogP contribution is 2.27. The summed E-state index contributed by atoms with van der Waals surface area (Å²) in [7, 11) is 0. The van der Waals surface area contributed by atoms with Crippen LogP contribution < -0.4 is 0 Å². The molecular formula is C12H21NO. The lowest BCUT2D eigenvalue weighted by atomic mass is 10.1. The molecule has 0 bridgehead atoms. The van der Waals surface area contributed by atoms with E-state index in [2.05, 4.69) is 13.0 Å². The number of rotatable bonds is 6. The van der Waals surface area contributed by atoms with Gasteiger partial charge in [0.2, 0.25) is 0 Å². The van der Waals surface area contributed by atoms with Gasteiger partial charge in [0.1, 0.15) is 0 Å². The van der Waals surface area contributed by atoms with Gasteiger partial charge in [-0.15, -0.1) is 0 Å². The Hall–Kier alpha value is -0.550. The van der Waals surface area contributed by atoms with E-state index in [-0.39, 0.29) is 12.0 Å². The van der Waals surface area contributed by atoms with Gasteiger partial charge in [-0.05, 0) is 25.7 Å². The molecule has 0 saturated heterocycles. The third-order valence-corrected chi connectivity index (χ3v) is 2.95. The Morgan fingerprint density at radius 2 is 2.14 bits per heavy atom. The number of nitriles is 1. The molecule has 2 unspecified atom stereocenters. The van der Waals surface area contributed by atoms with Crippen molar-refractivity contribution < 1.29 is 4.74 Å². The standard InChI is InChI=1S/C12H21NO/c1-2-3-4-5-9-14-12-8-6-7-11(12)10-13/h11-12H,2-9H2,1H3. The summed E-state index contributed by atoms with van der Waals surface area (Å²) in [5.74, 6) is 0.168. The third-order valence-electron chi connectivity index (χ3n) is 2.95. The first kappa shape index (κ1) is 11.5. The van der Waals surface area contributed by atoms with E-state index in [1.807, 2.05) is 0 Å². The van der Waals surface area contributed by atoms with Crippen molar-refractivity contribution in [2.75, 3.05) is 6.61 Å². The molecule has 14 heavy (non-hydrogen) atoms. The molecule has 0 radical (unpaired) electrons. The molecule has 0 N–H and O–H groups in total. The van der Waals surface area contributed by atoms with Gasteiger partial charge in [-0.3, -0.25) is 0 Å². The SMILES string of the molecule is CCCCCCOC1CCCC1C#N. The lowest BCUT2D eigenvalue weighted by Gasteiger charge is -2.14. The topological polar surface area (TPSA) is 33.0 Å². The molecule has 0 aliphatic heterocycles. The van der Waals surface area contributed by atoms with Gasteiger partial charge in [-0.2, -0.15) is 5.26 Å². The van der Waals surface area contributed by atoms with Crippen LogP contribution in [0.4, 0.5) is 0 Å². The lowest BCUT2D eigenvalue weighted by molar-refractivity contribution is 0.0389. The number of hydrogen-bond acceptors (Lipinski definition) is 2. The smallest absolute Gasteiger partial charge is 0.0733 e. The van der Waals surface area contributed by atoms with Gasteiger partial charge in [-0.1, -0.05) is 26.2 Å². The zero-order valence-corrected chi connectivity index (χ0v) is 9.17. The van der Waals surface area contributed by atoms with Crippen LogP contribution in [0.3, 0.4) is 0 Å². The summed E-state index contributed by atoms with van der Waals surface area (Å²) in [4.78, 5) is 0. The van der Waals surface area contributed by atoms with Gasteiger partial charge < -0.3 is 4.74 Å². The van der Waals surface area contributed by atoms with Crippen molar-refractivity contribution >= 4 is 0 Å². The fourth-order valence-electron chi connectivity index (χ4n) is 2.04. The molecule has 1 aliphatic rings. The summed E-state index contributed by atoms with van der Waals surface area (Å²) in [6, 6.07) is 2.34. The van der Waals surface area contributed by atoms with Crippen LogP contribution in [0, 0.1) is 17.2 Å². The third kappa shape index (κ3) is 3.67. The second-order valence-corrected chi connectivity index (χ2v) is 4.14. The summed E-state index contributed by atoms with van der Waals surface area (Å²) in [5, 5.41) is 8.85. The van der Waals surface area contributed by atoms with Crippen molar-refractivity contribution in [1.82, 2.24) is 0 Å². The van der Waals surface area contributed by atoms with Gasteiger partial charge in [0.05, 0.1) is 18.1 Å². The molecule has 0 spiro atoms. The molecule has 1 saturated carbocycles. The predicted octanol–water partition coefficient (Wildman–Crippen LogP) is 3.28. The monoisotopic (exact) mass is 195 g/mol. The molecule has 0 aromatic rings. The first-order valence-corrected chi connectivity index (χ1v) is 5.89. The fourth-order valence-corrected chi connectivity index (χ4v) is 2.04. The Morgan fingerprint density at radius 3 is 2.86 bits per heavy atom. The number of ether oxygens (including phenoxy) is 1. The van der Waals surface area contributed by atoms with Crippen LogP contribution in [0.15, 0.2) is 0 Å². The molecule has 1 fully saturated rings. The van der Waals surface area contributed by atoms with Crippen molar-refractivity contribution in [3.8, 4) is 6.07 Å². The van der Waals surface area contributed by atoms with Crippen LogP contribution in [-0.2, 0) is 4.74 Å². The largest absolute Gasteiger partial charge is 0.377 e. The van der Waals surface area contributed by atoms with E-state index in [1.165, 1.54) is 19.3 Å². The molecule has 1 aliphatic carbocycles. The van der Waals surface area contributed by atoms with Crippen molar-refractivity contribution in [2.24, 2.45) is 5.92 Å². The fraction of sp³-hybridized carbons (Fsp3) is 0.917. The van der Waals surface area contributed by atoms with Crippen molar-refractivity contribution in [1.29, 1.82) is 5.26 Å². The van der Waals surface area contributed by atoms with Crippen LogP contribution >= 0.6 is 0 Å². The van der Waals surface area contributed by atoms with Crippen LogP contribution in [0.1, 0.15) is 51.9 Å². The summed E-state index contributed by atoms with van der Waals surface area (Å²) < 4.78 is 5.73. The summed E-state index contributed by atoms with van der Waals surface area (Å²) in [5.41, 5.74) is 0. The number of hydrogen-bond donors (Lipinski definition) is 0. The minimum Gasteiger partial charge on any atom is -0.377 e. The zero-order valence-electron chi connectivity index (χ0n) is 9.17. The molecular weight excluding hydrogens is 174 g/mol. The van der Waals surface area contributed by atoms with E-state index in [9.17, 15) is 0 Å². The van der Waals surface area contributed by atoms with E-state index in [0.29, 0.717) is 0 Å². The maximum Gasteiger partial charge on any atom is 0.0733 e. The van der Waals surface area contributed by atoms with Gasteiger partial charge in [-0.25, -0.2) is 0 Å². The average molecular weight is 195 g/mol. The van der Waals surface area contributed by atoms with Gasteiger partial charge in [0, 0.05) is 6.61 Å². The zero-order chi connectivity index (χ0) is 10.2. The van der Waals surface area contributed by atoms with Crippen LogP contribution in [0.25, 0.3) is 0 Å². The van der Waals surface area contributed by atoms with Crippen molar-refractivity contribution in [3.63, 3.8) is 0 Å². The highest BCUT2D eigenvalue weighted by Gasteiger charge is 2.27. The Labute approximate surface area is 87.3 Å². The first-order valence-electron chi connectivity index (χ1n) is 5.89. The molecule has 2 atom stereocenters. The average Bonchev–Trinajstić information content (AvgIpc) is 2.65. The minimum absolute atomic E-state index is 0.168. The lowest BCUT2D eigenvalue weighted by Crippen LogP contribution is -2.17. The van der Waals surface area contributed by atoms with Gasteiger partial charge in [0.15, 0.2) is 0 Å². The number of unbranched alkanes of at least 4 members (excludes halogenated alkanes) is 3. The normalized spacial score (nSPS) is 26.3. The Balaban J connectivity index is 2.03. The molecule has 2 nitrogen and oxygen atoms in total.